The Hall–Kier alpha value is -2.28. The summed E-state index contributed by atoms with van der Waals surface area (Å²) in [5.74, 6) is 1.33. The van der Waals surface area contributed by atoms with Crippen LogP contribution in [0.1, 0.15) is 30.6 Å². The minimum Gasteiger partial charge on any atom is -0.454 e. The molecule has 23 heavy (non-hydrogen) atoms. The van der Waals surface area contributed by atoms with Gasteiger partial charge < -0.3 is 19.4 Å². The Labute approximate surface area is 137 Å². The Balaban J connectivity index is 1.58. The van der Waals surface area contributed by atoms with Crippen molar-refractivity contribution in [2.24, 2.45) is 0 Å². The standard InChI is InChI=1S/C16H18N2O4S/c1-10-8-23-16(20)18(10)6-5-15(19)17-11(2)12-3-4-13-14(7-12)22-9-21-13/h3-4,7-8,11H,5-6,9H2,1-2H3,(H,17,19)/t11-/m1/s1. The van der Waals surface area contributed by atoms with Crippen molar-refractivity contribution in [1.82, 2.24) is 9.88 Å². The number of carbonyl (C=O) groups is 1. The minimum atomic E-state index is -0.141. The third-order valence-corrected chi connectivity index (χ3v) is 4.69. The van der Waals surface area contributed by atoms with Gasteiger partial charge in [0.05, 0.1) is 6.04 Å². The van der Waals surface area contributed by atoms with E-state index in [0.717, 1.165) is 28.3 Å². The summed E-state index contributed by atoms with van der Waals surface area (Å²) < 4.78 is 12.2. The summed E-state index contributed by atoms with van der Waals surface area (Å²) in [6.07, 6.45) is 0.270. The lowest BCUT2D eigenvalue weighted by molar-refractivity contribution is -0.121. The van der Waals surface area contributed by atoms with Crippen LogP contribution in [-0.2, 0) is 11.3 Å². The fourth-order valence-corrected chi connectivity index (χ4v) is 3.23. The predicted molar refractivity (Wildman–Crippen MR) is 87.1 cm³/mol. The maximum Gasteiger partial charge on any atom is 0.307 e. The molecule has 0 radical (unpaired) electrons. The predicted octanol–water partition coefficient (Wildman–Crippen LogP) is 2.21. The number of thiazole rings is 1. The van der Waals surface area contributed by atoms with Gasteiger partial charge in [-0.05, 0) is 31.5 Å². The highest BCUT2D eigenvalue weighted by Gasteiger charge is 2.17. The van der Waals surface area contributed by atoms with E-state index in [1.807, 2.05) is 32.0 Å². The van der Waals surface area contributed by atoms with E-state index in [1.165, 1.54) is 0 Å². The molecule has 122 valence electrons. The first-order chi connectivity index (χ1) is 11.0. The number of hydrogen-bond donors (Lipinski definition) is 1. The molecular weight excluding hydrogens is 316 g/mol. The van der Waals surface area contributed by atoms with Crippen LogP contribution in [0.4, 0.5) is 0 Å². The molecule has 0 saturated carbocycles. The Bertz CT molecular complexity index is 781. The molecule has 0 saturated heterocycles. The van der Waals surface area contributed by atoms with Crippen LogP contribution in [0, 0.1) is 6.92 Å². The molecule has 1 atom stereocenters. The molecule has 1 aromatic heterocycles. The van der Waals surface area contributed by atoms with E-state index in [0.29, 0.717) is 12.3 Å². The smallest absolute Gasteiger partial charge is 0.307 e. The normalized spacial score (nSPS) is 13.8. The second-order valence-corrected chi connectivity index (χ2v) is 6.27. The van der Waals surface area contributed by atoms with Crippen LogP contribution in [0.25, 0.3) is 0 Å². The van der Waals surface area contributed by atoms with Crippen molar-refractivity contribution in [3.63, 3.8) is 0 Å². The first-order valence-corrected chi connectivity index (χ1v) is 8.26. The molecule has 0 spiro atoms. The number of nitrogens with zero attached hydrogens (tertiary/aromatic N) is 1. The van der Waals surface area contributed by atoms with Crippen molar-refractivity contribution in [2.45, 2.75) is 32.9 Å². The molecule has 0 aliphatic carbocycles. The Morgan fingerprint density at radius 3 is 2.91 bits per heavy atom. The van der Waals surface area contributed by atoms with Crippen LogP contribution >= 0.6 is 11.3 Å². The maximum absolute atomic E-state index is 12.1. The Kier molecular flexibility index (Phi) is 4.38. The number of hydrogen-bond acceptors (Lipinski definition) is 5. The average Bonchev–Trinajstić information content (AvgIpc) is 3.11. The van der Waals surface area contributed by atoms with E-state index in [1.54, 1.807) is 9.95 Å². The summed E-state index contributed by atoms with van der Waals surface area (Å²) >= 11 is 1.15. The quantitative estimate of drug-likeness (QED) is 0.910. The van der Waals surface area contributed by atoms with Crippen LogP contribution < -0.4 is 19.7 Å². The topological polar surface area (TPSA) is 69.6 Å². The number of carbonyl (C=O) groups excluding carboxylic acids is 1. The van der Waals surface area contributed by atoms with Crippen molar-refractivity contribution < 1.29 is 14.3 Å². The summed E-state index contributed by atoms with van der Waals surface area (Å²) in [5, 5.41) is 4.74. The minimum absolute atomic E-state index is 0.0286. The summed E-state index contributed by atoms with van der Waals surface area (Å²) in [5.41, 5.74) is 1.84. The monoisotopic (exact) mass is 334 g/mol. The van der Waals surface area contributed by atoms with E-state index in [4.69, 9.17) is 9.47 Å². The van der Waals surface area contributed by atoms with Crippen LogP contribution in [0.5, 0.6) is 11.5 Å². The molecule has 7 heteroatoms. The zero-order chi connectivity index (χ0) is 16.4. The van der Waals surface area contributed by atoms with Gasteiger partial charge in [0.1, 0.15) is 0 Å². The number of nitrogens with one attached hydrogen (secondary N) is 1. The number of benzene rings is 1. The van der Waals surface area contributed by atoms with Crippen LogP contribution in [0.2, 0.25) is 0 Å². The molecular formula is C16H18N2O4S. The largest absolute Gasteiger partial charge is 0.454 e. The van der Waals surface area contributed by atoms with E-state index in [9.17, 15) is 9.59 Å². The van der Waals surface area contributed by atoms with Crippen LogP contribution in [-0.4, -0.2) is 17.3 Å². The molecule has 6 nitrogen and oxygen atoms in total. The number of aryl methyl sites for hydroxylation is 1. The fourth-order valence-electron chi connectivity index (χ4n) is 2.47. The summed E-state index contributed by atoms with van der Waals surface area (Å²) in [6, 6.07) is 5.48. The Morgan fingerprint density at radius 1 is 1.39 bits per heavy atom. The van der Waals surface area contributed by atoms with Crippen LogP contribution in [0.15, 0.2) is 28.4 Å². The van der Waals surface area contributed by atoms with Crippen molar-refractivity contribution in [2.75, 3.05) is 6.79 Å². The molecule has 2 heterocycles. The lowest BCUT2D eigenvalue weighted by Gasteiger charge is -2.15. The average molecular weight is 334 g/mol. The molecule has 0 bridgehead atoms. The SMILES string of the molecule is Cc1csc(=O)n1CCC(=O)N[C@H](C)c1ccc2c(c1)OCO2. The zero-order valence-corrected chi connectivity index (χ0v) is 13.8. The third-order valence-electron chi connectivity index (χ3n) is 3.81. The van der Waals surface area contributed by atoms with Gasteiger partial charge in [-0.1, -0.05) is 17.4 Å². The first-order valence-electron chi connectivity index (χ1n) is 7.38. The van der Waals surface area contributed by atoms with Gasteiger partial charge in [0, 0.05) is 24.0 Å². The molecule has 0 fully saturated rings. The highest BCUT2D eigenvalue weighted by atomic mass is 32.1. The summed E-state index contributed by atoms with van der Waals surface area (Å²) in [6.45, 7) is 4.41. The number of rotatable bonds is 5. The highest BCUT2D eigenvalue weighted by molar-refractivity contribution is 7.07. The molecule has 0 unspecified atom stereocenters. The lowest BCUT2D eigenvalue weighted by atomic mass is 10.1. The fraction of sp³-hybridized carbons (Fsp3) is 0.375. The number of fused-ring (bicyclic) bond motifs is 1. The summed E-state index contributed by atoms with van der Waals surface area (Å²) in [4.78, 5) is 23.7. The number of ether oxygens (including phenoxy) is 2. The molecule has 2 aromatic rings. The molecule has 3 rings (SSSR count). The van der Waals surface area contributed by atoms with Crippen molar-refractivity contribution in [3.05, 3.63) is 44.5 Å². The van der Waals surface area contributed by atoms with Gasteiger partial charge in [-0.15, -0.1) is 0 Å². The Morgan fingerprint density at radius 2 is 2.17 bits per heavy atom. The zero-order valence-electron chi connectivity index (χ0n) is 13.0. The van der Waals surface area contributed by atoms with Gasteiger partial charge in [0.2, 0.25) is 12.7 Å². The molecule has 1 amide bonds. The molecule has 1 aliphatic rings. The number of amides is 1. The molecule has 1 aliphatic heterocycles. The van der Waals surface area contributed by atoms with E-state index in [2.05, 4.69) is 5.32 Å². The maximum atomic E-state index is 12.1. The summed E-state index contributed by atoms with van der Waals surface area (Å²) in [7, 11) is 0. The van der Waals surface area contributed by atoms with E-state index < -0.39 is 0 Å². The third kappa shape index (κ3) is 3.39. The number of aromatic nitrogens is 1. The van der Waals surface area contributed by atoms with Gasteiger partial charge in [-0.2, -0.15) is 0 Å². The van der Waals surface area contributed by atoms with Gasteiger partial charge in [0.15, 0.2) is 11.5 Å². The van der Waals surface area contributed by atoms with E-state index >= 15 is 0 Å². The molecule has 1 N–H and O–H groups in total. The van der Waals surface area contributed by atoms with Gasteiger partial charge >= 0.3 is 4.87 Å². The second kappa shape index (κ2) is 6.45. The van der Waals surface area contributed by atoms with Crippen molar-refractivity contribution in [1.29, 1.82) is 0 Å². The highest BCUT2D eigenvalue weighted by Crippen LogP contribution is 2.34. The van der Waals surface area contributed by atoms with Gasteiger partial charge in [-0.3, -0.25) is 9.59 Å². The van der Waals surface area contributed by atoms with Crippen molar-refractivity contribution in [3.8, 4) is 11.5 Å². The van der Waals surface area contributed by atoms with E-state index in [-0.39, 0.29) is 30.0 Å². The van der Waals surface area contributed by atoms with Gasteiger partial charge in [-0.25, -0.2) is 0 Å². The van der Waals surface area contributed by atoms with Gasteiger partial charge in [0.25, 0.3) is 0 Å². The first kappa shape index (κ1) is 15.6. The van der Waals surface area contributed by atoms with Crippen LogP contribution in [0.3, 0.4) is 0 Å². The lowest BCUT2D eigenvalue weighted by Crippen LogP contribution is -2.28. The van der Waals surface area contributed by atoms with Crippen molar-refractivity contribution >= 4 is 17.2 Å². The molecule has 1 aromatic carbocycles. The second-order valence-electron chi connectivity index (χ2n) is 5.45.